The summed E-state index contributed by atoms with van der Waals surface area (Å²) in [5.74, 6) is 0. The lowest BCUT2D eigenvalue weighted by atomic mass is 10.2. The van der Waals surface area contributed by atoms with Gasteiger partial charge in [0, 0.05) is 11.8 Å². The predicted molar refractivity (Wildman–Crippen MR) is 29.2 cm³/mol. The maximum atomic E-state index is 8.85. The summed E-state index contributed by atoms with van der Waals surface area (Å²) in [6.07, 6.45) is 2.86. The molecule has 3 nitrogen and oxygen atoms in total. The van der Waals surface area contributed by atoms with E-state index in [0.29, 0.717) is 0 Å². The average Bonchev–Trinajstić information content (AvgIpc) is 2.12. The molecule has 0 fully saturated rings. The molecule has 44 valence electrons. The third kappa shape index (κ3) is 0.869. The zero-order valence-corrected chi connectivity index (χ0v) is 4.63. The Morgan fingerprint density at radius 1 is 1.88 bits per heavy atom. The number of aromatic nitrogens is 2. The zero-order chi connectivity index (χ0) is 5.98. The summed E-state index contributed by atoms with van der Waals surface area (Å²) in [6, 6.07) is 0. The molecule has 0 aromatic carbocycles. The van der Waals surface area contributed by atoms with Crippen molar-refractivity contribution >= 4 is 0 Å². The zero-order valence-electron chi connectivity index (χ0n) is 4.63. The minimum Gasteiger partial charge on any atom is -0.389 e. The molecule has 0 radical (unpaired) electrons. The van der Waals surface area contributed by atoms with Gasteiger partial charge in [-0.05, 0) is 6.92 Å². The number of aliphatic hydroxyl groups excluding tert-OH is 1. The van der Waals surface area contributed by atoms with Crippen LogP contribution in [0.5, 0.6) is 0 Å². The minimum atomic E-state index is -0.409. The first kappa shape index (κ1) is 5.31. The molecule has 0 saturated carbocycles. The summed E-state index contributed by atoms with van der Waals surface area (Å²) < 4.78 is 0. The van der Waals surface area contributed by atoms with E-state index in [1.807, 2.05) is 0 Å². The van der Waals surface area contributed by atoms with Crippen LogP contribution >= 0.6 is 0 Å². The highest BCUT2D eigenvalue weighted by molar-refractivity contribution is 5.04. The van der Waals surface area contributed by atoms with E-state index < -0.39 is 6.10 Å². The number of aliphatic hydroxyl groups is 1. The summed E-state index contributed by atoms with van der Waals surface area (Å²) in [6.45, 7) is 1.70. The fraction of sp³-hybridized carbons (Fsp3) is 0.400. The van der Waals surface area contributed by atoms with Crippen molar-refractivity contribution in [3.05, 3.63) is 18.0 Å². The number of hydrogen-bond donors (Lipinski definition) is 2. The Hall–Kier alpha value is -0.830. The smallest absolute Gasteiger partial charge is 0.0792 e. The molecule has 1 aromatic heterocycles. The van der Waals surface area contributed by atoms with E-state index >= 15 is 0 Å². The molecule has 2 N–H and O–H groups in total. The van der Waals surface area contributed by atoms with Crippen molar-refractivity contribution in [1.82, 2.24) is 10.2 Å². The van der Waals surface area contributed by atoms with Crippen molar-refractivity contribution in [2.45, 2.75) is 13.0 Å². The van der Waals surface area contributed by atoms with Gasteiger partial charge in [-0.2, -0.15) is 5.10 Å². The van der Waals surface area contributed by atoms with Crippen molar-refractivity contribution in [3.8, 4) is 0 Å². The van der Waals surface area contributed by atoms with Crippen LogP contribution < -0.4 is 0 Å². The second-order valence-corrected chi connectivity index (χ2v) is 1.71. The van der Waals surface area contributed by atoms with Crippen LogP contribution in [0.3, 0.4) is 0 Å². The lowest BCUT2D eigenvalue weighted by Gasteiger charge is -1.94. The summed E-state index contributed by atoms with van der Waals surface area (Å²) in [4.78, 5) is 0. The Labute approximate surface area is 47.4 Å². The second-order valence-electron chi connectivity index (χ2n) is 1.71. The lowest BCUT2D eigenvalue weighted by Crippen LogP contribution is -1.85. The molecule has 1 atom stereocenters. The number of aromatic amines is 1. The maximum Gasteiger partial charge on any atom is 0.0792 e. The number of rotatable bonds is 1. The van der Waals surface area contributed by atoms with Crippen LogP contribution in [0.2, 0.25) is 0 Å². The van der Waals surface area contributed by atoms with Gasteiger partial charge in [0.05, 0.1) is 12.3 Å². The van der Waals surface area contributed by atoms with E-state index in [0.717, 1.165) is 5.56 Å². The van der Waals surface area contributed by atoms with Crippen molar-refractivity contribution < 1.29 is 5.11 Å². The molecule has 1 heterocycles. The first-order chi connectivity index (χ1) is 3.80. The molecule has 0 amide bonds. The second kappa shape index (κ2) is 1.96. The molecular formula is C5H8N2O. The molecule has 3 heteroatoms. The van der Waals surface area contributed by atoms with Gasteiger partial charge >= 0.3 is 0 Å². The molecule has 0 bridgehead atoms. The Balaban J connectivity index is 2.77. The summed E-state index contributed by atoms with van der Waals surface area (Å²) in [5.41, 5.74) is 0.824. The molecule has 1 aromatic rings. The van der Waals surface area contributed by atoms with Gasteiger partial charge in [0.15, 0.2) is 0 Å². The van der Waals surface area contributed by atoms with Gasteiger partial charge in [0.25, 0.3) is 0 Å². The van der Waals surface area contributed by atoms with Crippen LogP contribution in [0, 0.1) is 0 Å². The number of nitrogens with one attached hydrogen (secondary N) is 1. The van der Waals surface area contributed by atoms with Crippen LogP contribution in [0.25, 0.3) is 0 Å². The lowest BCUT2D eigenvalue weighted by molar-refractivity contribution is 0.199. The van der Waals surface area contributed by atoms with Crippen molar-refractivity contribution in [2.24, 2.45) is 0 Å². The van der Waals surface area contributed by atoms with Crippen molar-refractivity contribution in [2.75, 3.05) is 0 Å². The maximum absolute atomic E-state index is 8.85. The fourth-order valence-electron chi connectivity index (χ4n) is 0.489. The van der Waals surface area contributed by atoms with Gasteiger partial charge in [0.1, 0.15) is 0 Å². The number of H-pyrrole nitrogens is 1. The third-order valence-corrected chi connectivity index (χ3v) is 1.00. The standard InChI is InChI=1S/C5H8N2O/c1-4(8)5-2-6-7-3-5/h2-4,8H,1H3,(H,6,7). The van der Waals surface area contributed by atoms with Crippen LogP contribution in [0.1, 0.15) is 18.6 Å². The van der Waals surface area contributed by atoms with Gasteiger partial charge < -0.3 is 5.11 Å². The Morgan fingerprint density at radius 2 is 2.62 bits per heavy atom. The van der Waals surface area contributed by atoms with Crippen molar-refractivity contribution in [3.63, 3.8) is 0 Å². The van der Waals surface area contributed by atoms with E-state index in [9.17, 15) is 0 Å². The Bertz CT molecular complexity index is 145. The predicted octanol–water partition coefficient (Wildman–Crippen LogP) is 0.463. The molecule has 0 aliphatic heterocycles. The third-order valence-electron chi connectivity index (χ3n) is 1.00. The molecular weight excluding hydrogens is 104 g/mol. The Kier molecular flexibility index (Phi) is 1.30. The molecule has 1 unspecified atom stereocenters. The van der Waals surface area contributed by atoms with Gasteiger partial charge in [-0.1, -0.05) is 0 Å². The molecule has 0 aliphatic rings. The van der Waals surface area contributed by atoms with E-state index in [1.165, 1.54) is 0 Å². The first-order valence-corrected chi connectivity index (χ1v) is 2.47. The molecule has 1 rings (SSSR count). The van der Waals surface area contributed by atoms with Crippen LogP contribution in [-0.2, 0) is 0 Å². The molecule has 0 aliphatic carbocycles. The Morgan fingerprint density at radius 3 is 2.88 bits per heavy atom. The fourth-order valence-corrected chi connectivity index (χ4v) is 0.489. The normalized spacial score (nSPS) is 13.8. The number of nitrogens with zero attached hydrogens (tertiary/aromatic N) is 1. The highest BCUT2D eigenvalue weighted by atomic mass is 16.3. The SMILES string of the molecule is CC(O)c1cn[nH]c1. The molecule has 8 heavy (non-hydrogen) atoms. The quantitative estimate of drug-likeness (QED) is 0.554. The highest BCUT2D eigenvalue weighted by Gasteiger charge is 1.97. The summed E-state index contributed by atoms with van der Waals surface area (Å²) >= 11 is 0. The summed E-state index contributed by atoms with van der Waals surface area (Å²) in [5, 5.41) is 15.1. The monoisotopic (exact) mass is 112 g/mol. The van der Waals surface area contributed by atoms with E-state index in [1.54, 1.807) is 19.3 Å². The van der Waals surface area contributed by atoms with Crippen LogP contribution in [0.4, 0.5) is 0 Å². The average molecular weight is 112 g/mol. The summed E-state index contributed by atoms with van der Waals surface area (Å²) in [7, 11) is 0. The van der Waals surface area contributed by atoms with Crippen molar-refractivity contribution in [1.29, 1.82) is 0 Å². The van der Waals surface area contributed by atoms with Gasteiger partial charge in [0.2, 0.25) is 0 Å². The topological polar surface area (TPSA) is 48.9 Å². The van der Waals surface area contributed by atoms with Gasteiger partial charge in [-0.25, -0.2) is 0 Å². The first-order valence-electron chi connectivity index (χ1n) is 2.47. The minimum absolute atomic E-state index is 0.409. The number of hydrogen-bond acceptors (Lipinski definition) is 2. The highest BCUT2D eigenvalue weighted by Crippen LogP contribution is 2.06. The van der Waals surface area contributed by atoms with Crippen LogP contribution in [-0.4, -0.2) is 15.3 Å². The molecule has 0 spiro atoms. The van der Waals surface area contributed by atoms with E-state index in [2.05, 4.69) is 10.2 Å². The largest absolute Gasteiger partial charge is 0.389 e. The van der Waals surface area contributed by atoms with E-state index in [-0.39, 0.29) is 0 Å². The van der Waals surface area contributed by atoms with Crippen LogP contribution in [0.15, 0.2) is 12.4 Å². The van der Waals surface area contributed by atoms with Gasteiger partial charge in [-0.15, -0.1) is 0 Å². The van der Waals surface area contributed by atoms with E-state index in [4.69, 9.17) is 5.11 Å². The van der Waals surface area contributed by atoms with Gasteiger partial charge in [-0.3, -0.25) is 5.10 Å². The molecule has 0 saturated heterocycles.